The molecule has 0 saturated carbocycles. The predicted molar refractivity (Wildman–Crippen MR) is 101 cm³/mol. The molecule has 0 saturated heterocycles. The van der Waals surface area contributed by atoms with Gasteiger partial charge in [-0.2, -0.15) is 0 Å². The van der Waals surface area contributed by atoms with E-state index < -0.39 is 0 Å². The lowest BCUT2D eigenvalue weighted by Crippen LogP contribution is -2.23. The minimum absolute atomic E-state index is 0.00876. The lowest BCUT2D eigenvalue weighted by molar-refractivity contribution is -0.116. The maximum atomic E-state index is 13.6. The average molecular weight is 351 g/mol. The average Bonchev–Trinajstić information content (AvgIpc) is 3.00. The molecule has 4 rings (SSSR count). The van der Waals surface area contributed by atoms with Crippen LogP contribution >= 0.6 is 11.3 Å². The third-order valence-corrected chi connectivity index (χ3v) is 5.83. The Morgan fingerprint density at radius 2 is 2.00 bits per heavy atom. The Bertz CT molecular complexity index is 976. The molecule has 1 atom stereocenters. The van der Waals surface area contributed by atoms with E-state index >= 15 is 0 Å². The molecule has 1 aromatic heterocycles. The van der Waals surface area contributed by atoms with Crippen LogP contribution in [0.2, 0.25) is 0 Å². The van der Waals surface area contributed by atoms with Crippen LogP contribution in [0.3, 0.4) is 0 Å². The number of aryl methyl sites for hydroxylation is 2. The van der Waals surface area contributed by atoms with Crippen molar-refractivity contribution >= 4 is 22.9 Å². The zero-order valence-corrected chi connectivity index (χ0v) is 14.9. The van der Waals surface area contributed by atoms with Crippen LogP contribution in [0.25, 0.3) is 11.1 Å². The van der Waals surface area contributed by atoms with Crippen molar-refractivity contribution in [2.75, 3.05) is 5.32 Å². The standard InChI is InChI=1S/C21H18FNOS/c1-12-6-7-13(2)16(8-12)17-10-19(24)23-20-18(11-25-21(17)20)14-4-3-5-15(22)9-14/h3-9,11,17H,10H2,1-2H3,(H,23,24). The second-order valence-corrected chi connectivity index (χ2v) is 7.48. The van der Waals surface area contributed by atoms with Gasteiger partial charge in [-0.05, 0) is 42.7 Å². The topological polar surface area (TPSA) is 29.1 Å². The fraction of sp³-hybridized carbons (Fsp3) is 0.190. The van der Waals surface area contributed by atoms with Crippen molar-refractivity contribution in [1.29, 1.82) is 0 Å². The number of fused-ring (bicyclic) bond motifs is 1. The van der Waals surface area contributed by atoms with E-state index in [0.29, 0.717) is 6.42 Å². The highest BCUT2D eigenvalue weighted by atomic mass is 32.1. The summed E-state index contributed by atoms with van der Waals surface area (Å²) >= 11 is 1.64. The summed E-state index contributed by atoms with van der Waals surface area (Å²) in [5.41, 5.74) is 6.09. The van der Waals surface area contributed by atoms with E-state index in [1.165, 1.54) is 28.8 Å². The molecule has 1 aliphatic rings. The molecule has 4 heteroatoms. The van der Waals surface area contributed by atoms with E-state index in [2.05, 4.69) is 37.4 Å². The molecule has 3 aromatic rings. The normalized spacial score (nSPS) is 16.4. The second-order valence-electron chi connectivity index (χ2n) is 6.56. The first-order valence-corrected chi connectivity index (χ1v) is 9.15. The van der Waals surface area contributed by atoms with Crippen molar-refractivity contribution in [3.63, 3.8) is 0 Å². The fourth-order valence-corrected chi connectivity index (χ4v) is 4.63. The summed E-state index contributed by atoms with van der Waals surface area (Å²) in [6.45, 7) is 4.15. The van der Waals surface area contributed by atoms with Crippen LogP contribution < -0.4 is 5.32 Å². The molecule has 2 aromatic carbocycles. The Balaban J connectivity index is 1.86. The lowest BCUT2D eigenvalue weighted by Gasteiger charge is -2.25. The molecule has 0 spiro atoms. The zero-order valence-electron chi connectivity index (χ0n) is 14.1. The molecule has 1 aliphatic heterocycles. The van der Waals surface area contributed by atoms with E-state index in [0.717, 1.165) is 21.7 Å². The maximum absolute atomic E-state index is 13.6. The van der Waals surface area contributed by atoms with Crippen LogP contribution in [0.1, 0.15) is 33.9 Å². The summed E-state index contributed by atoms with van der Waals surface area (Å²) in [7, 11) is 0. The smallest absolute Gasteiger partial charge is 0.225 e. The summed E-state index contributed by atoms with van der Waals surface area (Å²) in [5, 5.41) is 5.03. The first kappa shape index (κ1) is 16.0. The van der Waals surface area contributed by atoms with Crippen molar-refractivity contribution in [2.45, 2.75) is 26.2 Å². The van der Waals surface area contributed by atoms with Crippen LogP contribution in [-0.4, -0.2) is 5.91 Å². The Morgan fingerprint density at radius 1 is 1.16 bits per heavy atom. The summed E-state index contributed by atoms with van der Waals surface area (Å²) < 4.78 is 13.6. The molecule has 25 heavy (non-hydrogen) atoms. The molecule has 0 fully saturated rings. The number of halogens is 1. The van der Waals surface area contributed by atoms with Crippen LogP contribution in [0, 0.1) is 19.7 Å². The number of carbonyl (C=O) groups excluding carboxylic acids is 1. The summed E-state index contributed by atoms with van der Waals surface area (Å²) in [6.07, 6.45) is 0.445. The SMILES string of the molecule is Cc1ccc(C)c(C2CC(=O)Nc3c(-c4cccc(F)c4)csc32)c1. The van der Waals surface area contributed by atoms with Gasteiger partial charge in [0, 0.05) is 28.2 Å². The van der Waals surface area contributed by atoms with E-state index in [9.17, 15) is 9.18 Å². The van der Waals surface area contributed by atoms with Gasteiger partial charge < -0.3 is 5.32 Å². The van der Waals surface area contributed by atoms with Gasteiger partial charge in [-0.1, -0.05) is 35.9 Å². The minimum Gasteiger partial charge on any atom is -0.325 e. The molecular weight excluding hydrogens is 333 g/mol. The number of thiophene rings is 1. The van der Waals surface area contributed by atoms with Crippen molar-refractivity contribution in [2.24, 2.45) is 0 Å². The minimum atomic E-state index is -0.273. The van der Waals surface area contributed by atoms with Gasteiger partial charge in [0.25, 0.3) is 0 Å². The zero-order chi connectivity index (χ0) is 17.6. The Labute approximate surface area is 150 Å². The molecule has 1 N–H and O–H groups in total. The summed E-state index contributed by atoms with van der Waals surface area (Å²) in [6, 6.07) is 12.9. The van der Waals surface area contributed by atoms with Crippen LogP contribution in [0.5, 0.6) is 0 Å². The number of hydrogen-bond donors (Lipinski definition) is 1. The van der Waals surface area contributed by atoms with Gasteiger partial charge in [0.1, 0.15) is 5.82 Å². The number of benzene rings is 2. The molecule has 2 heterocycles. The van der Waals surface area contributed by atoms with Crippen LogP contribution in [0.4, 0.5) is 10.1 Å². The van der Waals surface area contributed by atoms with Gasteiger partial charge in [0.05, 0.1) is 5.69 Å². The van der Waals surface area contributed by atoms with Crippen molar-refractivity contribution in [3.8, 4) is 11.1 Å². The molecule has 0 aliphatic carbocycles. The number of anilines is 1. The van der Waals surface area contributed by atoms with Gasteiger partial charge in [-0.25, -0.2) is 4.39 Å². The van der Waals surface area contributed by atoms with Crippen molar-refractivity contribution in [1.82, 2.24) is 0 Å². The number of amides is 1. The van der Waals surface area contributed by atoms with Gasteiger partial charge in [-0.3, -0.25) is 4.79 Å². The lowest BCUT2D eigenvalue weighted by atomic mass is 9.86. The molecule has 0 bridgehead atoms. The maximum Gasteiger partial charge on any atom is 0.225 e. The molecule has 1 unspecified atom stereocenters. The van der Waals surface area contributed by atoms with Crippen LogP contribution in [0.15, 0.2) is 47.8 Å². The van der Waals surface area contributed by atoms with Gasteiger partial charge in [0.2, 0.25) is 5.91 Å². The highest BCUT2D eigenvalue weighted by Crippen LogP contribution is 2.47. The Hall–Kier alpha value is -2.46. The second kappa shape index (κ2) is 6.12. The summed E-state index contributed by atoms with van der Waals surface area (Å²) in [5.74, 6) is -0.212. The first-order chi connectivity index (χ1) is 12.0. The molecule has 126 valence electrons. The van der Waals surface area contributed by atoms with E-state index in [4.69, 9.17) is 0 Å². The first-order valence-electron chi connectivity index (χ1n) is 8.27. The number of carbonyl (C=O) groups is 1. The Kier molecular flexibility index (Phi) is 3.92. The van der Waals surface area contributed by atoms with E-state index in [1.807, 2.05) is 11.4 Å². The monoisotopic (exact) mass is 351 g/mol. The van der Waals surface area contributed by atoms with Gasteiger partial charge in [-0.15, -0.1) is 11.3 Å². The highest BCUT2D eigenvalue weighted by Gasteiger charge is 2.31. The van der Waals surface area contributed by atoms with Crippen molar-refractivity contribution in [3.05, 3.63) is 75.2 Å². The van der Waals surface area contributed by atoms with Crippen LogP contribution in [-0.2, 0) is 4.79 Å². The third-order valence-electron chi connectivity index (χ3n) is 4.74. The van der Waals surface area contributed by atoms with Crippen molar-refractivity contribution < 1.29 is 9.18 Å². The molecule has 2 nitrogen and oxygen atoms in total. The van der Waals surface area contributed by atoms with E-state index in [1.54, 1.807) is 17.4 Å². The van der Waals surface area contributed by atoms with Gasteiger partial charge in [0.15, 0.2) is 0 Å². The number of nitrogens with one attached hydrogen (secondary N) is 1. The number of hydrogen-bond acceptors (Lipinski definition) is 2. The predicted octanol–water partition coefficient (Wildman–Crippen LogP) is 5.65. The fourth-order valence-electron chi connectivity index (χ4n) is 3.48. The Morgan fingerprint density at radius 3 is 2.80 bits per heavy atom. The largest absolute Gasteiger partial charge is 0.325 e. The van der Waals surface area contributed by atoms with Gasteiger partial charge >= 0.3 is 0 Å². The molecule has 0 radical (unpaired) electrons. The highest BCUT2D eigenvalue weighted by molar-refractivity contribution is 7.11. The quantitative estimate of drug-likeness (QED) is 0.635. The van der Waals surface area contributed by atoms with E-state index in [-0.39, 0.29) is 17.6 Å². The summed E-state index contributed by atoms with van der Waals surface area (Å²) in [4.78, 5) is 13.5. The number of rotatable bonds is 2. The third kappa shape index (κ3) is 2.87. The molecule has 1 amide bonds. The molecular formula is C21H18FNOS.